The highest BCUT2D eigenvalue weighted by molar-refractivity contribution is 5.89. The molecule has 1 saturated carbocycles. The molecule has 1 aliphatic heterocycles. The highest BCUT2D eigenvalue weighted by atomic mass is 16.2. The van der Waals surface area contributed by atoms with Crippen LogP contribution in [0, 0.1) is 12.8 Å². The fourth-order valence-corrected chi connectivity index (χ4v) is 4.48. The minimum atomic E-state index is -0.190. The van der Waals surface area contributed by atoms with Crippen molar-refractivity contribution in [2.24, 2.45) is 5.92 Å². The van der Waals surface area contributed by atoms with Crippen molar-refractivity contribution in [1.29, 1.82) is 0 Å². The van der Waals surface area contributed by atoms with Gasteiger partial charge in [-0.15, -0.1) is 0 Å². The number of aromatic amines is 1. The molecule has 0 spiro atoms. The Balaban J connectivity index is 1.33. The summed E-state index contributed by atoms with van der Waals surface area (Å²) < 4.78 is 0. The van der Waals surface area contributed by atoms with Crippen molar-refractivity contribution >= 4 is 22.7 Å². The summed E-state index contributed by atoms with van der Waals surface area (Å²) in [4.78, 5) is 30.1. The Kier molecular flexibility index (Phi) is 5.19. The van der Waals surface area contributed by atoms with E-state index in [9.17, 15) is 9.59 Å². The first-order valence-corrected chi connectivity index (χ1v) is 10.2. The van der Waals surface area contributed by atoms with Crippen molar-refractivity contribution in [2.45, 2.75) is 57.9 Å². The molecule has 2 amide bonds. The van der Waals surface area contributed by atoms with Crippen molar-refractivity contribution in [1.82, 2.24) is 15.2 Å². The minimum Gasteiger partial charge on any atom is -0.361 e. The van der Waals surface area contributed by atoms with E-state index >= 15 is 0 Å². The van der Waals surface area contributed by atoms with Crippen LogP contribution in [0.5, 0.6) is 0 Å². The number of carbonyl (C=O) groups is 2. The Morgan fingerprint density at radius 2 is 2.07 bits per heavy atom. The SMILES string of the molecule is Cc1ccc2[nH]cc(CCN3CC(C(=O)NC4CCCCC4)CC3=O)c2c1. The van der Waals surface area contributed by atoms with Gasteiger partial charge in [0.25, 0.3) is 0 Å². The van der Waals surface area contributed by atoms with Crippen molar-refractivity contribution in [2.75, 3.05) is 13.1 Å². The van der Waals surface area contributed by atoms with Crippen LogP contribution in [0.1, 0.15) is 49.7 Å². The number of fused-ring (bicyclic) bond motifs is 1. The zero-order chi connectivity index (χ0) is 18.8. The molecule has 2 fully saturated rings. The van der Waals surface area contributed by atoms with E-state index in [4.69, 9.17) is 0 Å². The third-order valence-corrected chi connectivity index (χ3v) is 6.11. The summed E-state index contributed by atoms with van der Waals surface area (Å²) in [6.07, 6.45) is 9.03. The molecule has 5 heteroatoms. The van der Waals surface area contributed by atoms with E-state index < -0.39 is 0 Å². The van der Waals surface area contributed by atoms with Crippen molar-refractivity contribution in [3.63, 3.8) is 0 Å². The van der Waals surface area contributed by atoms with Crippen LogP contribution in [0.15, 0.2) is 24.4 Å². The van der Waals surface area contributed by atoms with Crippen molar-refractivity contribution in [3.8, 4) is 0 Å². The number of nitrogens with zero attached hydrogens (tertiary/aromatic N) is 1. The molecule has 2 aliphatic rings. The van der Waals surface area contributed by atoms with Gasteiger partial charge in [-0.25, -0.2) is 0 Å². The second-order valence-corrected chi connectivity index (χ2v) is 8.20. The average Bonchev–Trinajstić information content (AvgIpc) is 3.24. The lowest BCUT2D eigenvalue weighted by Gasteiger charge is -2.24. The van der Waals surface area contributed by atoms with E-state index in [1.807, 2.05) is 11.1 Å². The van der Waals surface area contributed by atoms with Gasteiger partial charge in [0, 0.05) is 42.7 Å². The molecule has 1 saturated heterocycles. The first-order chi connectivity index (χ1) is 13.1. The van der Waals surface area contributed by atoms with E-state index in [2.05, 4.69) is 35.4 Å². The van der Waals surface area contributed by atoms with Gasteiger partial charge >= 0.3 is 0 Å². The second-order valence-electron chi connectivity index (χ2n) is 8.20. The van der Waals surface area contributed by atoms with Gasteiger partial charge in [-0.05, 0) is 43.9 Å². The molecule has 27 heavy (non-hydrogen) atoms. The first kappa shape index (κ1) is 18.1. The number of aromatic nitrogens is 1. The van der Waals surface area contributed by atoms with Crippen LogP contribution in [-0.2, 0) is 16.0 Å². The Morgan fingerprint density at radius 1 is 1.26 bits per heavy atom. The van der Waals surface area contributed by atoms with Crippen LogP contribution in [0.25, 0.3) is 10.9 Å². The molecule has 2 N–H and O–H groups in total. The van der Waals surface area contributed by atoms with Crippen molar-refractivity contribution < 1.29 is 9.59 Å². The number of likely N-dealkylation sites (tertiary alicyclic amines) is 1. The second kappa shape index (κ2) is 7.75. The molecule has 0 bridgehead atoms. The van der Waals surface area contributed by atoms with Gasteiger partial charge in [0.1, 0.15) is 0 Å². The van der Waals surface area contributed by atoms with E-state index in [1.165, 1.54) is 35.8 Å². The number of rotatable bonds is 5. The highest BCUT2D eigenvalue weighted by Crippen LogP contribution is 2.24. The Labute approximate surface area is 160 Å². The van der Waals surface area contributed by atoms with Crippen LogP contribution in [0.4, 0.5) is 0 Å². The smallest absolute Gasteiger partial charge is 0.225 e. The van der Waals surface area contributed by atoms with E-state index in [0.717, 1.165) is 24.8 Å². The quantitative estimate of drug-likeness (QED) is 0.851. The van der Waals surface area contributed by atoms with Crippen LogP contribution in [-0.4, -0.2) is 40.8 Å². The lowest BCUT2D eigenvalue weighted by molar-refractivity contribution is -0.129. The summed E-state index contributed by atoms with van der Waals surface area (Å²) in [6, 6.07) is 6.70. The summed E-state index contributed by atoms with van der Waals surface area (Å²) in [5.41, 5.74) is 3.60. The molecule has 0 radical (unpaired) electrons. The number of amides is 2. The number of benzene rings is 1. The maximum Gasteiger partial charge on any atom is 0.225 e. The molecule has 144 valence electrons. The summed E-state index contributed by atoms with van der Waals surface area (Å²) in [5, 5.41) is 4.41. The zero-order valence-corrected chi connectivity index (χ0v) is 16.1. The van der Waals surface area contributed by atoms with E-state index in [1.54, 1.807) is 0 Å². The normalized spacial score (nSPS) is 21.1. The average molecular weight is 367 g/mol. The number of H-pyrrole nitrogens is 1. The highest BCUT2D eigenvalue weighted by Gasteiger charge is 2.34. The van der Waals surface area contributed by atoms with Gasteiger partial charge in [-0.2, -0.15) is 0 Å². The lowest BCUT2D eigenvalue weighted by Crippen LogP contribution is -2.40. The summed E-state index contributed by atoms with van der Waals surface area (Å²) in [5.74, 6) is -0.0140. The fourth-order valence-electron chi connectivity index (χ4n) is 4.48. The Bertz CT molecular complexity index is 835. The fraction of sp³-hybridized carbons (Fsp3) is 0.545. The standard InChI is InChI=1S/C22H29N3O2/c1-15-7-8-20-19(11-15)16(13-23-20)9-10-25-14-17(12-21(25)26)22(27)24-18-5-3-2-4-6-18/h7-8,11,13,17-18,23H,2-6,9-10,12,14H2,1H3,(H,24,27). The number of hydrogen-bond acceptors (Lipinski definition) is 2. The molecular weight excluding hydrogens is 338 g/mol. The molecule has 1 aromatic heterocycles. The number of carbonyl (C=O) groups excluding carboxylic acids is 2. The minimum absolute atomic E-state index is 0.0699. The van der Waals surface area contributed by atoms with E-state index in [0.29, 0.717) is 25.6 Å². The summed E-state index contributed by atoms with van der Waals surface area (Å²) >= 11 is 0. The van der Waals surface area contributed by atoms with Crippen LogP contribution in [0.2, 0.25) is 0 Å². The van der Waals surface area contributed by atoms with Gasteiger partial charge in [-0.3, -0.25) is 9.59 Å². The molecule has 1 aromatic carbocycles. The summed E-state index contributed by atoms with van der Waals surface area (Å²) in [6.45, 7) is 3.32. The predicted octanol–water partition coefficient (Wildman–Crippen LogP) is 3.32. The van der Waals surface area contributed by atoms with Gasteiger partial charge in [0.15, 0.2) is 0 Å². The molecule has 1 atom stereocenters. The number of aryl methyl sites for hydroxylation is 1. The van der Waals surface area contributed by atoms with Gasteiger partial charge < -0.3 is 15.2 Å². The Hall–Kier alpha value is -2.30. The Morgan fingerprint density at radius 3 is 2.89 bits per heavy atom. The number of nitrogens with one attached hydrogen (secondary N) is 2. The van der Waals surface area contributed by atoms with Gasteiger partial charge in [0.05, 0.1) is 5.92 Å². The van der Waals surface area contributed by atoms with Crippen LogP contribution in [0.3, 0.4) is 0 Å². The maximum atomic E-state index is 12.6. The first-order valence-electron chi connectivity index (χ1n) is 10.2. The predicted molar refractivity (Wildman–Crippen MR) is 106 cm³/mol. The molecule has 1 unspecified atom stereocenters. The molecule has 5 nitrogen and oxygen atoms in total. The molecule has 2 aromatic rings. The van der Waals surface area contributed by atoms with Gasteiger partial charge in [0.2, 0.25) is 11.8 Å². The van der Waals surface area contributed by atoms with Crippen LogP contribution >= 0.6 is 0 Å². The summed E-state index contributed by atoms with van der Waals surface area (Å²) in [7, 11) is 0. The lowest BCUT2D eigenvalue weighted by atomic mass is 9.95. The van der Waals surface area contributed by atoms with Crippen LogP contribution < -0.4 is 5.32 Å². The molecular formula is C22H29N3O2. The third-order valence-electron chi connectivity index (χ3n) is 6.11. The third kappa shape index (κ3) is 4.02. The van der Waals surface area contributed by atoms with Gasteiger partial charge in [-0.1, -0.05) is 30.9 Å². The monoisotopic (exact) mass is 367 g/mol. The number of hydrogen-bond donors (Lipinski definition) is 2. The van der Waals surface area contributed by atoms with E-state index in [-0.39, 0.29) is 17.7 Å². The molecule has 2 heterocycles. The zero-order valence-electron chi connectivity index (χ0n) is 16.1. The molecule has 1 aliphatic carbocycles. The largest absolute Gasteiger partial charge is 0.361 e. The molecule has 4 rings (SSSR count). The van der Waals surface area contributed by atoms with Crippen molar-refractivity contribution in [3.05, 3.63) is 35.5 Å². The topological polar surface area (TPSA) is 65.2 Å². The maximum absolute atomic E-state index is 12.6.